The molecule has 13 nitrogen and oxygen atoms in total. The van der Waals surface area contributed by atoms with Gasteiger partial charge in [-0.1, -0.05) is 5.16 Å². The van der Waals surface area contributed by atoms with Crippen LogP contribution in [0, 0.1) is 11.3 Å². The van der Waals surface area contributed by atoms with E-state index in [-0.39, 0.29) is 44.7 Å². The van der Waals surface area contributed by atoms with Gasteiger partial charge >= 0.3 is 11.9 Å². The third-order valence-electron chi connectivity index (χ3n) is 6.27. The lowest BCUT2D eigenvalue weighted by atomic mass is 9.98. The second-order valence-electron chi connectivity index (χ2n) is 10.2. The van der Waals surface area contributed by atoms with Crippen LogP contribution in [0.25, 0.3) is 0 Å². The molecule has 218 valence electrons. The van der Waals surface area contributed by atoms with Crippen molar-refractivity contribution in [3.8, 4) is 0 Å². The minimum absolute atomic E-state index is 0.162. The maximum Gasteiger partial charge on any atom is 0.357 e. The molecule has 2 amide bonds. The second kappa shape index (κ2) is 12.8. The maximum atomic E-state index is 13.0. The SMILES string of the molecule is CC(C)(C)C(=O)OCOC(=O)C1=CCSC2C(SCC3CCOC(NC(=O)/C(=N\O)c4csc(N)n4)C3)C(=O)N12. The van der Waals surface area contributed by atoms with Gasteiger partial charge in [0.1, 0.15) is 28.2 Å². The molecule has 2 saturated heterocycles. The monoisotopic (exact) mass is 613 g/mol. The average molecular weight is 614 g/mol. The molecule has 2 fully saturated rings. The molecule has 16 heteroatoms. The van der Waals surface area contributed by atoms with E-state index in [2.05, 4.69) is 15.5 Å². The predicted octanol–water partition coefficient (Wildman–Crippen LogP) is 1.76. The first-order valence-corrected chi connectivity index (χ1v) is 15.4. The van der Waals surface area contributed by atoms with Gasteiger partial charge in [-0.25, -0.2) is 9.78 Å². The fourth-order valence-electron chi connectivity index (χ4n) is 4.12. The molecule has 0 saturated carbocycles. The number of hydrogen-bond donors (Lipinski definition) is 3. The van der Waals surface area contributed by atoms with Crippen LogP contribution in [0.5, 0.6) is 0 Å². The maximum absolute atomic E-state index is 13.0. The van der Waals surface area contributed by atoms with Gasteiger partial charge in [0.15, 0.2) is 10.8 Å². The number of thiazole rings is 1. The van der Waals surface area contributed by atoms with Gasteiger partial charge in [0, 0.05) is 17.7 Å². The summed E-state index contributed by atoms with van der Waals surface area (Å²) in [5.74, 6) is -0.645. The molecule has 0 aromatic carbocycles. The molecule has 4 heterocycles. The molecule has 4 N–H and O–H groups in total. The highest BCUT2D eigenvalue weighted by atomic mass is 32.2. The highest BCUT2D eigenvalue weighted by Crippen LogP contribution is 2.44. The lowest BCUT2D eigenvalue weighted by molar-refractivity contribution is -0.173. The summed E-state index contributed by atoms with van der Waals surface area (Å²) >= 11 is 4.20. The number of carbonyl (C=O) groups excluding carboxylic acids is 4. The van der Waals surface area contributed by atoms with Crippen LogP contribution in [0.1, 0.15) is 39.3 Å². The molecule has 0 spiro atoms. The third kappa shape index (κ3) is 6.90. The van der Waals surface area contributed by atoms with Crippen LogP contribution in [0.15, 0.2) is 22.3 Å². The van der Waals surface area contributed by atoms with E-state index < -0.39 is 36.3 Å². The number of esters is 2. The lowest BCUT2D eigenvalue weighted by Gasteiger charge is -2.48. The van der Waals surface area contributed by atoms with Gasteiger partial charge in [0.25, 0.3) is 5.91 Å². The molecular weight excluding hydrogens is 582 g/mol. The van der Waals surface area contributed by atoms with E-state index in [0.29, 0.717) is 24.5 Å². The molecule has 40 heavy (non-hydrogen) atoms. The minimum atomic E-state index is -0.723. The summed E-state index contributed by atoms with van der Waals surface area (Å²) in [6.45, 7) is 4.98. The molecule has 0 aliphatic carbocycles. The van der Waals surface area contributed by atoms with Crippen LogP contribution in [-0.2, 0) is 33.4 Å². The van der Waals surface area contributed by atoms with E-state index in [0.717, 1.165) is 17.8 Å². The number of aromatic nitrogens is 1. The average Bonchev–Trinajstić information content (AvgIpc) is 3.33. The molecular formula is C24H31N5O8S3. The number of hydrogen-bond acceptors (Lipinski definition) is 14. The number of oxime groups is 1. The largest absolute Gasteiger partial charge is 0.427 e. The lowest BCUT2D eigenvalue weighted by Crippen LogP contribution is -2.63. The van der Waals surface area contributed by atoms with Crippen LogP contribution in [-0.4, -0.2) is 86.3 Å². The molecule has 0 bridgehead atoms. The number of nitrogen functional groups attached to an aromatic ring is 1. The Kier molecular flexibility index (Phi) is 9.64. The Bertz CT molecular complexity index is 1210. The van der Waals surface area contributed by atoms with Crippen LogP contribution < -0.4 is 11.1 Å². The second-order valence-corrected chi connectivity index (χ2v) is 13.5. The summed E-state index contributed by atoms with van der Waals surface area (Å²) in [5, 5.41) is 16.3. The van der Waals surface area contributed by atoms with E-state index in [1.807, 2.05) is 0 Å². The van der Waals surface area contributed by atoms with Crippen LogP contribution in [0.3, 0.4) is 0 Å². The molecule has 1 aromatic rings. The van der Waals surface area contributed by atoms with Crippen molar-refractivity contribution in [3.05, 3.63) is 22.8 Å². The Morgan fingerprint density at radius 1 is 1.35 bits per heavy atom. The van der Waals surface area contributed by atoms with Gasteiger partial charge in [-0.2, -0.15) is 0 Å². The fourth-order valence-corrected chi connectivity index (χ4v) is 7.58. The number of ether oxygens (including phenoxy) is 3. The van der Waals surface area contributed by atoms with Crippen molar-refractivity contribution in [3.63, 3.8) is 0 Å². The van der Waals surface area contributed by atoms with Crippen molar-refractivity contribution in [1.82, 2.24) is 15.2 Å². The summed E-state index contributed by atoms with van der Waals surface area (Å²) in [6, 6.07) is 0. The number of rotatable bonds is 9. The van der Waals surface area contributed by atoms with Gasteiger partial charge in [-0.15, -0.1) is 34.9 Å². The predicted molar refractivity (Wildman–Crippen MR) is 149 cm³/mol. The van der Waals surface area contributed by atoms with Crippen LogP contribution in [0.4, 0.5) is 5.13 Å². The van der Waals surface area contributed by atoms with E-state index in [4.69, 9.17) is 19.9 Å². The van der Waals surface area contributed by atoms with Crippen molar-refractivity contribution in [1.29, 1.82) is 0 Å². The zero-order valence-electron chi connectivity index (χ0n) is 22.2. The molecule has 1 aromatic heterocycles. The van der Waals surface area contributed by atoms with Crippen molar-refractivity contribution >= 4 is 69.5 Å². The number of carbonyl (C=O) groups is 4. The standard InChI is InChI=1S/C24H31N5O8S3/c1-24(2,3)22(33)37-11-36-21(32)14-5-7-38-20-17(19(31)29(14)20)39-9-12-4-6-35-15(8-12)27-18(30)16(28-34)13-10-40-23(25)26-13/h5,10,12,15,17,20,34H,4,6-9,11H2,1-3H3,(H2,25,26)(H,27,30)/b28-16-. The van der Waals surface area contributed by atoms with E-state index in [1.165, 1.54) is 22.0 Å². The van der Waals surface area contributed by atoms with Crippen molar-refractivity contribution in [2.75, 3.05) is 30.6 Å². The number of thioether (sulfide) groups is 2. The van der Waals surface area contributed by atoms with Gasteiger partial charge in [0.05, 0.1) is 5.41 Å². The number of anilines is 1. The van der Waals surface area contributed by atoms with Crippen molar-refractivity contribution in [2.24, 2.45) is 16.5 Å². The molecule has 3 aliphatic rings. The first-order chi connectivity index (χ1) is 19.0. The van der Waals surface area contributed by atoms with Crippen LogP contribution in [0.2, 0.25) is 0 Å². The minimum Gasteiger partial charge on any atom is -0.427 e. The summed E-state index contributed by atoms with van der Waals surface area (Å²) in [7, 11) is 0. The Hall–Kier alpha value is -2.82. The number of nitrogens with one attached hydrogen (secondary N) is 1. The highest BCUT2D eigenvalue weighted by Gasteiger charge is 2.52. The Morgan fingerprint density at radius 3 is 2.80 bits per heavy atom. The summed E-state index contributed by atoms with van der Waals surface area (Å²) in [4.78, 5) is 55.5. The van der Waals surface area contributed by atoms with E-state index in [9.17, 15) is 24.4 Å². The molecule has 4 atom stereocenters. The van der Waals surface area contributed by atoms with Crippen LogP contribution >= 0.6 is 34.9 Å². The number of fused-ring (bicyclic) bond motifs is 1. The summed E-state index contributed by atoms with van der Waals surface area (Å²) in [5.41, 5.74) is 4.96. The number of β-lactam (4-membered cyclic amide) rings is 1. The smallest absolute Gasteiger partial charge is 0.357 e. The highest BCUT2D eigenvalue weighted by molar-refractivity contribution is 8.04. The molecule has 4 unspecified atom stereocenters. The molecule has 0 radical (unpaired) electrons. The zero-order chi connectivity index (χ0) is 29.0. The third-order valence-corrected chi connectivity index (χ3v) is 9.79. The Morgan fingerprint density at radius 2 is 2.12 bits per heavy atom. The first-order valence-electron chi connectivity index (χ1n) is 12.5. The van der Waals surface area contributed by atoms with E-state index >= 15 is 0 Å². The Balaban J connectivity index is 1.24. The number of nitrogens with zero attached hydrogens (tertiary/aromatic N) is 3. The molecule has 4 rings (SSSR count). The summed E-state index contributed by atoms with van der Waals surface area (Å²) in [6.07, 6.45) is 2.33. The number of amides is 2. The normalized spacial score (nSPS) is 24.9. The molecule has 3 aliphatic heterocycles. The van der Waals surface area contributed by atoms with Gasteiger partial charge in [0.2, 0.25) is 12.7 Å². The van der Waals surface area contributed by atoms with Gasteiger partial charge in [-0.3, -0.25) is 19.3 Å². The first kappa shape index (κ1) is 30.1. The van der Waals surface area contributed by atoms with Crippen molar-refractivity contribution in [2.45, 2.75) is 50.5 Å². The zero-order valence-corrected chi connectivity index (χ0v) is 24.6. The fraction of sp³-hybridized carbons (Fsp3) is 0.583. The topological polar surface area (TPSA) is 183 Å². The van der Waals surface area contributed by atoms with E-state index in [1.54, 1.807) is 38.6 Å². The number of nitrogens with two attached hydrogens (primary N) is 1. The van der Waals surface area contributed by atoms with Crippen molar-refractivity contribution < 1.29 is 38.6 Å². The quantitative estimate of drug-likeness (QED) is 0.0918. The Labute approximate surface area is 243 Å². The van der Waals surface area contributed by atoms with Gasteiger partial charge < -0.3 is 30.5 Å². The summed E-state index contributed by atoms with van der Waals surface area (Å²) < 4.78 is 15.8. The van der Waals surface area contributed by atoms with Gasteiger partial charge in [-0.05, 0) is 51.4 Å².